The first-order valence-electron chi connectivity index (χ1n) is 7.64. The van der Waals surface area contributed by atoms with E-state index in [-0.39, 0.29) is 6.10 Å². The molecule has 1 heterocycles. The molecule has 0 aliphatic rings. The molecule has 2 aromatic rings. The second-order valence-electron chi connectivity index (χ2n) is 5.37. The maximum Gasteiger partial charge on any atom is 0.228 e. The van der Waals surface area contributed by atoms with Crippen molar-refractivity contribution in [2.45, 2.75) is 26.9 Å². The van der Waals surface area contributed by atoms with Crippen molar-refractivity contribution in [2.75, 3.05) is 13.6 Å². The minimum absolute atomic E-state index is 0.0695. The van der Waals surface area contributed by atoms with Crippen LogP contribution >= 0.6 is 15.9 Å². The van der Waals surface area contributed by atoms with Crippen LogP contribution in [0, 0.1) is 6.92 Å². The fraction of sp³-hybridized carbons (Fsp3) is 0.333. The minimum Gasteiger partial charge on any atom is -0.469 e. The van der Waals surface area contributed by atoms with Gasteiger partial charge in [0.2, 0.25) is 5.88 Å². The molecule has 0 aliphatic carbocycles. The van der Waals surface area contributed by atoms with Gasteiger partial charge in [0.25, 0.3) is 0 Å². The summed E-state index contributed by atoms with van der Waals surface area (Å²) in [6.45, 7) is 6.94. The third-order valence-electron chi connectivity index (χ3n) is 3.56. The monoisotopic (exact) mass is 375 g/mol. The highest BCUT2D eigenvalue weighted by molar-refractivity contribution is 9.10. The lowest BCUT2D eigenvalue weighted by atomic mass is 10.1. The highest BCUT2D eigenvalue weighted by Crippen LogP contribution is 2.32. The van der Waals surface area contributed by atoms with Gasteiger partial charge in [0.1, 0.15) is 6.10 Å². The summed E-state index contributed by atoms with van der Waals surface area (Å²) in [6.07, 6.45) is 1.74. The third kappa shape index (κ3) is 4.79. The molecule has 4 nitrogen and oxygen atoms in total. The lowest BCUT2D eigenvalue weighted by Crippen LogP contribution is -2.14. The lowest BCUT2D eigenvalue weighted by Gasteiger charge is -2.16. The van der Waals surface area contributed by atoms with Gasteiger partial charge in [-0.15, -0.1) is 0 Å². The zero-order valence-corrected chi connectivity index (χ0v) is 15.5. The molecule has 1 aromatic carbocycles. The van der Waals surface area contributed by atoms with Crippen molar-refractivity contribution in [1.82, 2.24) is 9.88 Å². The predicted molar refractivity (Wildman–Crippen MR) is 98.6 cm³/mol. The summed E-state index contributed by atoms with van der Waals surface area (Å²) in [4.78, 5) is 11.0. The van der Waals surface area contributed by atoms with Crippen LogP contribution in [0.3, 0.4) is 0 Å². The molecule has 5 heteroatoms. The Bertz CT molecular complexity index is 673. The van der Waals surface area contributed by atoms with Crippen LogP contribution in [-0.4, -0.2) is 29.8 Å². The summed E-state index contributed by atoms with van der Waals surface area (Å²) >= 11 is 3.53. The van der Waals surface area contributed by atoms with Crippen LogP contribution in [0.5, 0.6) is 5.88 Å². The number of nitrogens with zero attached hydrogens (tertiary/aromatic N) is 3. The van der Waals surface area contributed by atoms with Crippen molar-refractivity contribution in [2.24, 2.45) is 4.99 Å². The molecule has 1 aromatic heterocycles. The minimum atomic E-state index is -0.0695. The van der Waals surface area contributed by atoms with Crippen LogP contribution in [0.25, 0.3) is 0 Å². The maximum atomic E-state index is 5.99. The Morgan fingerprint density at radius 2 is 2.04 bits per heavy atom. The number of halogens is 1. The van der Waals surface area contributed by atoms with Gasteiger partial charge in [-0.3, -0.25) is 0 Å². The van der Waals surface area contributed by atoms with Gasteiger partial charge in [-0.1, -0.05) is 30.3 Å². The molecule has 0 amide bonds. The van der Waals surface area contributed by atoms with Crippen LogP contribution in [0.15, 0.2) is 45.9 Å². The van der Waals surface area contributed by atoms with Gasteiger partial charge in [0.05, 0.1) is 22.2 Å². The lowest BCUT2D eigenvalue weighted by molar-refractivity contribution is 0.215. The first-order chi connectivity index (χ1) is 11.0. The van der Waals surface area contributed by atoms with Gasteiger partial charge in [0.15, 0.2) is 0 Å². The molecule has 0 fully saturated rings. The molecular formula is C18H22BrN3O. The molecule has 0 bridgehead atoms. The van der Waals surface area contributed by atoms with Crippen molar-refractivity contribution in [3.05, 3.63) is 52.1 Å². The molecule has 0 radical (unpaired) electrons. The Balaban J connectivity index is 2.18. The van der Waals surface area contributed by atoms with E-state index in [4.69, 9.17) is 4.74 Å². The van der Waals surface area contributed by atoms with Crippen molar-refractivity contribution >= 4 is 28.0 Å². The Labute approximate surface area is 146 Å². The van der Waals surface area contributed by atoms with E-state index < -0.39 is 0 Å². The van der Waals surface area contributed by atoms with E-state index in [2.05, 4.69) is 32.8 Å². The maximum absolute atomic E-state index is 5.99. The number of benzene rings is 1. The van der Waals surface area contributed by atoms with Gasteiger partial charge in [0, 0.05) is 13.6 Å². The molecular weight excluding hydrogens is 354 g/mol. The second kappa shape index (κ2) is 8.11. The molecule has 0 spiro atoms. The third-order valence-corrected chi connectivity index (χ3v) is 4.13. The zero-order valence-electron chi connectivity index (χ0n) is 14.0. The fourth-order valence-corrected chi connectivity index (χ4v) is 2.36. The first kappa shape index (κ1) is 17.5. The van der Waals surface area contributed by atoms with E-state index in [0.29, 0.717) is 5.88 Å². The fourth-order valence-electron chi connectivity index (χ4n) is 1.96. The summed E-state index contributed by atoms with van der Waals surface area (Å²) in [5, 5.41) is 0. The van der Waals surface area contributed by atoms with Crippen molar-refractivity contribution in [1.29, 1.82) is 0 Å². The molecule has 0 saturated heterocycles. The zero-order chi connectivity index (χ0) is 16.8. The van der Waals surface area contributed by atoms with Crippen LogP contribution < -0.4 is 4.74 Å². The molecule has 0 N–H and O–H groups in total. The number of aryl methyl sites for hydroxylation is 1. The molecule has 0 saturated carbocycles. The van der Waals surface area contributed by atoms with Crippen LogP contribution in [-0.2, 0) is 0 Å². The van der Waals surface area contributed by atoms with Gasteiger partial charge in [-0.25, -0.2) is 9.98 Å². The van der Waals surface area contributed by atoms with Crippen LogP contribution in [0.1, 0.15) is 31.2 Å². The van der Waals surface area contributed by atoms with E-state index >= 15 is 0 Å². The standard InChI is InChI=1S/C18H22BrN3O/c1-5-22(4)12-20-17-11-16(19)18(21-13(17)2)23-14(3)15-9-7-6-8-10-15/h6-12,14H,5H2,1-4H3/b20-12+/t14-/m1/s1. The quantitative estimate of drug-likeness (QED) is 0.531. The Kier molecular flexibility index (Phi) is 6.16. The molecule has 2 rings (SSSR count). The van der Waals surface area contributed by atoms with E-state index in [1.54, 1.807) is 0 Å². The van der Waals surface area contributed by atoms with Gasteiger partial charge in [-0.2, -0.15) is 0 Å². The molecule has 23 heavy (non-hydrogen) atoms. The molecule has 122 valence electrons. The van der Waals surface area contributed by atoms with E-state index in [1.165, 1.54) is 0 Å². The smallest absolute Gasteiger partial charge is 0.228 e. The summed E-state index contributed by atoms with van der Waals surface area (Å²) in [7, 11) is 1.99. The Hall–Kier alpha value is -1.88. The number of pyridine rings is 1. The summed E-state index contributed by atoms with van der Waals surface area (Å²) in [5.74, 6) is 0.585. The number of hydrogen-bond acceptors (Lipinski definition) is 3. The van der Waals surface area contributed by atoms with E-state index in [9.17, 15) is 0 Å². The Morgan fingerprint density at radius 3 is 2.70 bits per heavy atom. The first-order valence-corrected chi connectivity index (χ1v) is 8.43. The predicted octanol–water partition coefficient (Wildman–Crippen LogP) is 4.90. The second-order valence-corrected chi connectivity index (χ2v) is 6.22. The van der Waals surface area contributed by atoms with Crippen molar-refractivity contribution < 1.29 is 4.74 Å². The van der Waals surface area contributed by atoms with E-state index in [1.807, 2.05) is 68.5 Å². The van der Waals surface area contributed by atoms with Crippen molar-refractivity contribution in [3.63, 3.8) is 0 Å². The summed E-state index contributed by atoms with van der Waals surface area (Å²) in [6, 6.07) is 12.0. The van der Waals surface area contributed by atoms with Gasteiger partial charge in [-0.05, 0) is 48.3 Å². The van der Waals surface area contributed by atoms with Crippen LogP contribution in [0.2, 0.25) is 0 Å². The largest absolute Gasteiger partial charge is 0.469 e. The Morgan fingerprint density at radius 1 is 1.35 bits per heavy atom. The normalized spacial score (nSPS) is 12.4. The SMILES string of the molecule is CCN(C)/C=N/c1cc(Br)c(O[C@H](C)c2ccccc2)nc1C. The number of rotatable bonds is 6. The summed E-state index contributed by atoms with van der Waals surface area (Å²) < 4.78 is 6.80. The highest BCUT2D eigenvalue weighted by Gasteiger charge is 2.13. The van der Waals surface area contributed by atoms with Crippen molar-refractivity contribution in [3.8, 4) is 5.88 Å². The highest BCUT2D eigenvalue weighted by atomic mass is 79.9. The van der Waals surface area contributed by atoms with Gasteiger partial charge < -0.3 is 9.64 Å². The molecule has 0 aliphatic heterocycles. The van der Waals surface area contributed by atoms with Crippen LogP contribution in [0.4, 0.5) is 5.69 Å². The number of ether oxygens (including phenoxy) is 1. The number of aliphatic imine (C=N–C) groups is 1. The number of aromatic nitrogens is 1. The topological polar surface area (TPSA) is 37.7 Å². The molecule has 0 unspecified atom stereocenters. The van der Waals surface area contributed by atoms with Gasteiger partial charge >= 0.3 is 0 Å². The van der Waals surface area contributed by atoms with E-state index in [0.717, 1.165) is 28.0 Å². The number of hydrogen-bond donors (Lipinski definition) is 0. The summed E-state index contributed by atoms with van der Waals surface area (Å²) in [5.41, 5.74) is 2.78. The molecule has 1 atom stereocenters. The average Bonchev–Trinajstić information content (AvgIpc) is 2.57. The average molecular weight is 376 g/mol.